The van der Waals surface area contributed by atoms with Gasteiger partial charge >= 0.3 is 0 Å². The molecule has 0 saturated carbocycles. The molecule has 23 heavy (non-hydrogen) atoms. The molecule has 0 radical (unpaired) electrons. The summed E-state index contributed by atoms with van der Waals surface area (Å²) < 4.78 is 0. The van der Waals surface area contributed by atoms with Crippen molar-refractivity contribution in [2.45, 2.75) is 26.2 Å². The number of aryl methyl sites for hydroxylation is 1. The summed E-state index contributed by atoms with van der Waals surface area (Å²) in [5.74, 6) is 0.680. The van der Waals surface area contributed by atoms with E-state index in [1.807, 2.05) is 37.3 Å². The maximum atomic E-state index is 12.5. The van der Waals surface area contributed by atoms with E-state index in [0.29, 0.717) is 5.92 Å². The summed E-state index contributed by atoms with van der Waals surface area (Å²) >= 11 is 1.47. The Labute approximate surface area is 141 Å². The molecule has 1 aromatic heterocycles. The fourth-order valence-corrected chi connectivity index (χ4v) is 3.87. The van der Waals surface area contributed by atoms with Crippen molar-refractivity contribution in [2.75, 3.05) is 19.6 Å². The third kappa shape index (κ3) is 4.18. The van der Waals surface area contributed by atoms with Crippen LogP contribution in [0, 0.1) is 12.8 Å². The van der Waals surface area contributed by atoms with Gasteiger partial charge in [0.15, 0.2) is 0 Å². The van der Waals surface area contributed by atoms with Gasteiger partial charge in [-0.2, -0.15) is 0 Å². The van der Waals surface area contributed by atoms with Crippen LogP contribution >= 0.6 is 11.3 Å². The molecule has 2 aromatic rings. The molecule has 0 bridgehead atoms. The predicted octanol–water partition coefficient (Wildman–Crippen LogP) is 3.24. The van der Waals surface area contributed by atoms with E-state index in [4.69, 9.17) is 0 Å². The van der Waals surface area contributed by atoms with Crippen LogP contribution in [0.4, 0.5) is 0 Å². The summed E-state index contributed by atoms with van der Waals surface area (Å²) in [5.41, 5.74) is 1.79. The molecule has 1 saturated heterocycles. The number of rotatable bonds is 5. The molecular weight excluding hydrogens is 306 g/mol. The molecule has 122 valence electrons. The number of aromatic nitrogens is 1. The molecule has 3 rings (SSSR count). The maximum absolute atomic E-state index is 12.5. The Morgan fingerprint density at radius 2 is 2.22 bits per heavy atom. The molecule has 1 unspecified atom stereocenters. The third-order valence-electron chi connectivity index (χ3n) is 4.22. The zero-order valence-corrected chi connectivity index (χ0v) is 14.3. The van der Waals surface area contributed by atoms with Gasteiger partial charge in [-0.3, -0.25) is 4.79 Å². The monoisotopic (exact) mass is 329 g/mol. The SMILES string of the molecule is Cc1nc(-c2ccccc2)c(C(=O)NCCC2CCCNC2)s1. The molecule has 1 amide bonds. The smallest absolute Gasteiger partial charge is 0.263 e. The first kappa shape index (κ1) is 16.1. The number of hydrogen-bond donors (Lipinski definition) is 2. The standard InChI is InChI=1S/C18H23N3OS/c1-13-21-16(15-7-3-2-4-8-15)17(23-13)18(22)20-11-9-14-6-5-10-19-12-14/h2-4,7-8,14,19H,5-6,9-12H2,1H3,(H,20,22). The van der Waals surface area contributed by atoms with Crippen molar-refractivity contribution in [3.05, 3.63) is 40.2 Å². The van der Waals surface area contributed by atoms with E-state index < -0.39 is 0 Å². The number of hydrogen-bond acceptors (Lipinski definition) is 4. The second-order valence-electron chi connectivity index (χ2n) is 6.03. The van der Waals surface area contributed by atoms with Crippen molar-refractivity contribution in [1.29, 1.82) is 0 Å². The van der Waals surface area contributed by atoms with Crippen LogP contribution in [0.3, 0.4) is 0 Å². The summed E-state index contributed by atoms with van der Waals surface area (Å²) in [4.78, 5) is 17.8. The van der Waals surface area contributed by atoms with Gasteiger partial charge in [0.1, 0.15) is 4.88 Å². The van der Waals surface area contributed by atoms with Crippen LogP contribution in [-0.2, 0) is 0 Å². The number of thiazole rings is 1. The first-order valence-electron chi connectivity index (χ1n) is 8.26. The second-order valence-corrected chi connectivity index (χ2v) is 7.24. The molecule has 1 aliphatic rings. The highest BCUT2D eigenvalue weighted by Gasteiger charge is 2.18. The van der Waals surface area contributed by atoms with Crippen LogP contribution < -0.4 is 10.6 Å². The lowest BCUT2D eigenvalue weighted by Gasteiger charge is -2.22. The van der Waals surface area contributed by atoms with Crippen LogP contribution in [0.1, 0.15) is 33.9 Å². The lowest BCUT2D eigenvalue weighted by molar-refractivity contribution is 0.0955. The number of nitrogens with zero attached hydrogens (tertiary/aromatic N) is 1. The van der Waals surface area contributed by atoms with Crippen molar-refractivity contribution in [3.63, 3.8) is 0 Å². The first-order valence-corrected chi connectivity index (χ1v) is 9.07. The Balaban J connectivity index is 1.63. The van der Waals surface area contributed by atoms with Crippen LogP contribution in [0.15, 0.2) is 30.3 Å². The van der Waals surface area contributed by atoms with Crippen LogP contribution in [0.25, 0.3) is 11.3 Å². The molecule has 1 aliphatic heterocycles. The number of carbonyl (C=O) groups excluding carboxylic acids is 1. The minimum atomic E-state index is -0.00165. The molecule has 4 nitrogen and oxygen atoms in total. The lowest BCUT2D eigenvalue weighted by Crippen LogP contribution is -2.33. The molecule has 0 aliphatic carbocycles. The Kier molecular flexibility index (Phi) is 5.41. The van der Waals surface area contributed by atoms with Gasteiger partial charge in [-0.25, -0.2) is 4.98 Å². The van der Waals surface area contributed by atoms with Crippen molar-refractivity contribution < 1.29 is 4.79 Å². The number of piperidine rings is 1. The highest BCUT2D eigenvalue weighted by molar-refractivity contribution is 7.14. The fourth-order valence-electron chi connectivity index (χ4n) is 3.01. The van der Waals surface area contributed by atoms with Crippen LogP contribution in [0.5, 0.6) is 0 Å². The minimum absolute atomic E-state index is 0.00165. The molecule has 0 spiro atoms. The van der Waals surface area contributed by atoms with E-state index in [9.17, 15) is 4.79 Å². The molecule has 2 N–H and O–H groups in total. The fraction of sp³-hybridized carbons (Fsp3) is 0.444. The van der Waals surface area contributed by atoms with E-state index in [1.165, 1.54) is 24.2 Å². The van der Waals surface area contributed by atoms with E-state index >= 15 is 0 Å². The Morgan fingerprint density at radius 1 is 1.39 bits per heavy atom. The number of benzene rings is 1. The van der Waals surface area contributed by atoms with E-state index in [0.717, 1.165) is 47.2 Å². The second kappa shape index (κ2) is 7.70. The minimum Gasteiger partial charge on any atom is -0.351 e. The quantitative estimate of drug-likeness (QED) is 0.885. The third-order valence-corrected chi connectivity index (χ3v) is 5.19. The van der Waals surface area contributed by atoms with Crippen molar-refractivity contribution in [1.82, 2.24) is 15.6 Å². The molecule has 2 heterocycles. The van der Waals surface area contributed by atoms with Gasteiger partial charge in [0.2, 0.25) is 0 Å². The average Bonchev–Trinajstić information content (AvgIpc) is 2.98. The first-order chi connectivity index (χ1) is 11.2. The topological polar surface area (TPSA) is 54.0 Å². The zero-order chi connectivity index (χ0) is 16.1. The summed E-state index contributed by atoms with van der Waals surface area (Å²) in [6.45, 7) is 4.88. The van der Waals surface area contributed by atoms with Gasteiger partial charge in [-0.05, 0) is 45.2 Å². The largest absolute Gasteiger partial charge is 0.351 e. The summed E-state index contributed by atoms with van der Waals surface area (Å²) in [6.07, 6.45) is 3.54. The summed E-state index contributed by atoms with van der Waals surface area (Å²) in [5, 5.41) is 7.41. The Bertz CT molecular complexity index is 648. The average molecular weight is 329 g/mol. The normalized spacial score (nSPS) is 17.9. The van der Waals surface area contributed by atoms with Crippen molar-refractivity contribution >= 4 is 17.2 Å². The van der Waals surface area contributed by atoms with Gasteiger partial charge in [0.05, 0.1) is 10.7 Å². The van der Waals surface area contributed by atoms with Gasteiger partial charge in [-0.15, -0.1) is 11.3 Å². The van der Waals surface area contributed by atoms with E-state index in [-0.39, 0.29) is 5.91 Å². The molecule has 1 fully saturated rings. The van der Waals surface area contributed by atoms with Gasteiger partial charge in [0.25, 0.3) is 5.91 Å². The van der Waals surface area contributed by atoms with Crippen LogP contribution in [-0.4, -0.2) is 30.5 Å². The van der Waals surface area contributed by atoms with Gasteiger partial charge in [0, 0.05) is 12.1 Å². The molecule has 1 atom stereocenters. The summed E-state index contributed by atoms with van der Waals surface area (Å²) in [7, 11) is 0. The summed E-state index contributed by atoms with van der Waals surface area (Å²) in [6, 6.07) is 9.92. The van der Waals surface area contributed by atoms with Crippen molar-refractivity contribution in [3.8, 4) is 11.3 Å². The molecular formula is C18H23N3OS. The van der Waals surface area contributed by atoms with E-state index in [1.54, 1.807) is 0 Å². The highest BCUT2D eigenvalue weighted by Crippen LogP contribution is 2.27. The van der Waals surface area contributed by atoms with Gasteiger partial charge < -0.3 is 10.6 Å². The highest BCUT2D eigenvalue weighted by atomic mass is 32.1. The zero-order valence-electron chi connectivity index (χ0n) is 13.5. The predicted molar refractivity (Wildman–Crippen MR) is 94.8 cm³/mol. The number of carbonyl (C=O) groups is 1. The van der Waals surface area contributed by atoms with Crippen molar-refractivity contribution in [2.24, 2.45) is 5.92 Å². The lowest BCUT2D eigenvalue weighted by atomic mass is 9.96. The number of nitrogens with one attached hydrogen (secondary N) is 2. The van der Waals surface area contributed by atoms with Gasteiger partial charge in [-0.1, -0.05) is 30.3 Å². The Morgan fingerprint density at radius 3 is 2.96 bits per heavy atom. The maximum Gasteiger partial charge on any atom is 0.263 e. The number of amides is 1. The Hall–Kier alpha value is -1.72. The molecule has 1 aromatic carbocycles. The van der Waals surface area contributed by atoms with E-state index in [2.05, 4.69) is 15.6 Å². The molecule has 5 heteroatoms. The van der Waals surface area contributed by atoms with Crippen LogP contribution in [0.2, 0.25) is 0 Å².